The molecule has 1 unspecified atom stereocenters. The SMILES string of the molecule is CC(CO)N(C)c1ccc(C(=O)N(C)C)cc1N. The van der Waals surface area contributed by atoms with Gasteiger partial charge in [-0.15, -0.1) is 0 Å². The molecule has 1 aromatic rings. The summed E-state index contributed by atoms with van der Waals surface area (Å²) in [6, 6.07) is 5.19. The standard InChI is InChI=1S/C13H21N3O2/c1-9(8-17)16(4)12-6-5-10(7-11(12)14)13(18)15(2)3/h5-7,9,17H,8,14H2,1-4H3. The Morgan fingerprint density at radius 2 is 2.00 bits per heavy atom. The Labute approximate surface area is 108 Å². The summed E-state index contributed by atoms with van der Waals surface area (Å²) in [6.45, 7) is 1.95. The van der Waals surface area contributed by atoms with Gasteiger partial charge in [0.25, 0.3) is 5.91 Å². The Balaban J connectivity index is 3.03. The molecule has 5 nitrogen and oxygen atoms in total. The largest absolute Gasteiger partial charge is 0.397 e. The van der Waals surface area contributed by atoms with E-state index in [2.05, 4.69) is 0 Å². The number of carbonyl (C=O) groups is 1. The maximum Gasteiger partial charge on any atom is 0.253 e. The average molecular weight is 251 g/mol. The van der Waals surface area contributed by atoms with Crippen molar-refractivity contribution in [3.05, 3.63) is 23.8 Å². The van der Waals surface area contributed by atoms with Crippen molar-refractivity contribution < 1.29 is 9.90 Å². The van der Waals surface area contributed by atoms with Crippen LogP contribution in [0.25, 0.3) is 0 Å². The number of carbonyl (C=O) groups excluding carboxylic acids is 1. The zero-order valence-electron chi connectivity index (χ0n) is 11.3. The fourth-order valence-corrected chi connectivity index (χ4v) is 1.63. The lowest BCUT2D eigenvalue weighted by atomic mass is 10.1. The lowest BCUT2D eigenvalue weighted by Crippen LogP contribution is -2.32. The van der Waals surface area contributed by atoms with Crippen LogP contribution in [0.15, 0.2) is 18.2 Å². The number of hydrogen-bond donors (Lipinski definition) is 2. The van der Waals surface area contributed by atoms with E-state index in [1.807, 2.05) is 18.9 Å². The normalized spacial score (nSPS) is 12.1. The minimum absolute atomic E-state index is 0.0253. The molecule has 0 aliphatic carbocycles. The van der Waals surface area contributed by atoms with Gasteiger partial charge in [0.15, 0.2) is 0 Å². The fraction of sp³-hybridized carbons (Fsp3) is 0.462. The van der Waals surface area contributed by atoms with Gasteiger partial charge in [-0.25, -0.2) is 0 Å². The van der Waals surface area contributed by atoms with Gasteiger partial charge >= 0.3 is 0 Å². The van der Waals surface area contributed by atoms with Crippen LogP contribution >= 0.6 is 0 Å². The van der Waals surface area contributed by atoms with Crippen LogP contribution in [0.2, 0.25) is 0 Å². The fourth-order valence-electron chi connectivity index (χ4n) is 1.63. The third-order valence-electron chi connectivity index (χ3n) is 2.99. The van der Waals surface area contributed by atoms with Crippen LogP contribution < -0.4 is 10.6 Å². The van der Waals surface area contributed by atoms with Crippen molar-refractivity contribution in [2.24, 2.45) is 0 Å². The number of hydrogen-bond acceptors (Lipinski definition) is 4. The summed E-state index contributed by atoms with van der Waals surface area (Å²) in [4.78, 5) is 15.2. The molecule has 0 radical (unpaired) electrons. The van der Waals surface area contributed by atoms with Crippen molar-refractivity contribution in [1.82, 2.24) is 4.90 Å². The van der Waals surface area contributed by atoms with E-state index in [9.17, 15) is 4.79 Å². The van der Waals surface area contributed by atoms with Crippen molar-refractivity contribution in [3.63, 3.8) is 0 Å². The maximum absolute atomic E-state index is 11.8. The maximum atomic E-state index is 11.8. The minimum atomic E-state index is -0.0777. The van der Waals surface area contributed by atoms with Gasteiger partial charge in [0, 0.05) is 32.7 Å². The first kappa shape index (κ1) is 14.3. The third kappa shape index (κ3) is 2.92. The molecule has 100 valence electrons. The van der Waals surface area contributed by atoms with Crippen molar-refractivity contribution in [3.8, 4) is 0 Å². The van der Waals surface area contributed by atoms with Crippen LogP contribution in [0.5, 0.6) is 0 Å². The van der Waals surface area contributed by atoms with E-state index >= 15 is 0 Å². The summed E-state index contributed by atoms with van der Waals surface area (Å²) in [6.07, 6.45) is 0. The quantitative estimate of drug-likeness (QED) is 0.776. The van der Waals surface area contributed by atoms with Gasteiger partial charge in [0.05, 0.1) is 18.0 Å². The summed E-state index contributed by atoms with van der Waals surface area (Å²) < 4.78 is 0. The van der Waals surface area contributed by atoms with E-state index in [1.165, 1.54) is 4.90 Å². The highest BCUT2D eigenvalue weighted by molar-refractivity contribution is 5.95. The molecular weight excluding hydrogens is 230 g/mol. The topological polar surface area (TPSA) is 69.8 Å². The smallest absolute Gasteiger partial charge is 0.253 e. The monoisotopic (exact) mass is 251 g/mol. The molecule has 0 fully saturated rings. The Kier molecular flexibility index (Phi) is 4.55. The number of amides is 1. The summed E-state index contributed by atoms with van der Waals surface area (Å²) in [5.41, 5.74) is 7.86. The highest BCUT2D eigenvalue weighted by atomic mass is 16.3. The van der Waals surface area contributed by atoms with Gasteiger partial charge in [-0.2, -0.15) is 0 Å². The van der Waals surface area contributed by atoms with Gasteiger partial charge in [-0.05, 0) is 25.1 Å². The van der Waals surface area contributed by atoms with Gasteiger partial charge in [-0.3, -0.25) is 4.79 Å². The zero-order valence-corrected chi connectivity index (χ0v) is 11.3. The molecule has 1 aromatic carbocycles. The van der Waals surface area contributed by atoms with Crippen molar-refractivity contribution >= 4 is 17.3 Å². The molecule has 1 rings (SSSR count). The zero-order chi connectivity index (χ0) is 13.9. The Hall–Kier alpha value is -1.75. The number of nitrogens with two attached hydrogens (primary N) is 1. The molecule has 0 heterocycles. The minimum Gasteiger partial charge on any atom is -0.397 e. The number of aliphatic hydroxyl groups excluding tert-OH is 1. The second-order valence-electron chi connectivity index (χ2n) is 4.62. The lowest BCUT2D eigenvalue weighted by Gasteiger charge is -2.27. The van der Waals surface area contributed by atoms with E-state index in [0.29, 0.717) is 11.3 Å². The molecule has 18 heavy (non-hydrogen) atoms. The molecule has 0 spiro atoms. The average Bonchev–Trinajstić information content (AvgIpc) is 2.35. The Morgan fingerprint density at radius 3 is 2.44 bits per heavy atom. The molecule has 1 atom stereocenters. The number of rotatable bonds is 4. The lowest BCUT2D eigenvalue weighted by molar-refractivity contribution is 0.0827. The number of nitrogens with zero attached hydrogens (tertiary/aromatic N) is 2. The molecular formula is C13H21N3O2. The predicted molar refractivity (Wildman–Crippen MR) is 73.8 cm³/mol. The molecule has 3 N–H and O–H groups in total. The summed E-state index contributed by atoms with van der Waals surface area (Å²) in [7, 11) is 5.26. The van der Waals surface area contributed by atoms with Crippen molar-refractivity contribution in [2.45, 2.75) is 13.0 Å². The van der Waals surface area contributed by atoms with Crippen molar-refractivity contribution in [1.29, 1.82) is 0 Å². The van der Waals surface area contributed by atoms with Crippen LogP contribution in [-0.4, -0.2) is 49.7 Å². The van der Waals surface area contributed by atoms with E-state index in [-0.39, 0.29) is 18.6 Å². The summed E-state index contributed by atoms with van der Waals surface area (Å²) >= 11 is 0. The Morgan fingerprint density at radius 1 is 1.39 bits per heavy atom. The molecule has 5 heteroatoms. The number of benzene rings is 1. The number of anilines is 2. The van der Waals surface area contributed by atoms with E-state index in [1.54, 1.807) is 32.3 Å². The van der Waals surface area contributed by atoms with Crippen molar-refractivity contribution in [2.75, 3.05) is 38.4 Å². The molecule has 0 saturated heterocycles. The second kappa shape index (κ2) is 5.73. The molecule has 0 aromatic heterocycles. The van der Waals surface area contributed by atoms with Crippen LogP contribution in [0.3, 0.4) is 0 Å². The molecule has 0 aliphatic rings. The van der Waals surface area contributed by atoms with Crippen LogP contribution in [0.4, 0.5) is 11.4 Å². The second-order valence-corrected chi connectivity index (χ2v) is 4.62. The molecule has 0 saturated carbocycles. The van der Waals surface area contributed by atoms with Gasteiger partial charge < -0.3 is 20.6 Å². The Bertz CT molecular complexity index is 432. The number of aliphatic hydroxyl groups is 1. The van der Waals surface area contributed by atoms with Crippen LogP contribution in [0.1, 0.15) is 17.3 Å². The number of nitrogen functional groups attached to an aromatic ring is 1. The highest BCUT2D eigenvalue weighted by Gasteiger charge is 2.14. The van der Waals surface area contributed by atoms with Crippen LogP contribution in [-0.2, 0) is 0 Å². The highest BCUT2D eigenvalue weighted by Crippen LogP contribution is 2.25. The molecule has 0 bridgehead atoms. The van der Waals surface area contributed by atoms with E-state index in [0.717, 1.165) is 5.69 Å². The van der Waals surface area contributed by atoms with Crippen LogP contribution in [0, 0.1) is 0 Å². The van der Waals surface area contributed by atoms with Gasteiger partial charge in [-0.1, -0.05) is 0 Å². The number of likely N-dealkylation sites (N-methyl/N-ethyl adjacent to an activating group) is 1. The van der Waals surface area contributed by atoms with E-state index in [4.69, 9.17) is 10.8 Å². The molecule has 1 amide bonds. The first-order valence-electron chi connectivity index (χ1n) is 5.83. The van der Waals surface area contributed by atoms with Gasteiger partial charge in [0.1, 0.15) is 0 Å². The predicted octanol–water partition coefficient (Wildman–Crippen LogP) is 0.788. The summed E-state index contributed by atoms with van der Waals surface area (Å²) in [5, 5.41) is 9.13. The van der Waals surface area contributed by atoms with E-state index < -0.39 is 0 Å². The first-order valence-corrected chi connectivity index (χ1v) is 5.83. The van der Waals surface area contributed by atoms with Gasteiger partial charge in [0.2, 0.25) is 0 Å². The first-order chi connectivity index (χ1) is 8.38. The summed E-state index contributed by atoms with van der Waals surface area (Å²) in [5.74, 6) is -0.0777. The molecule has 0 aliphatic heterocycles. The third-order valence-corrected chi connectivity index (χ3v) is 2.99.